The van der Waals surface area contributed by atoms with Crippen LogP contribution < -0.4 is 5.32 Å². The zero-order chi connectivity index (χ0) is 22.6. The summed E-state index contributed by atoms with van der Waals surface area (Å²) < 4.78 is 32.4. The van der Waals surface area contributed by atoms with Gasteiger partial charge in [0, 0.05) is 25.9 Å². The zero-order valence-electron chi connectivity index (χ0n) is 18.6. The van der Waals surface area contributed by atoms with E-state index in [9.17, 15) is 13.2 Å². The van der Waals surface area contributed by atoms with Gasteiger partial charge >= 0.3 is 0 Å². The first-order chi connectivity index (χ1) is 15.4. The Hall–Kier alpha value is -2.26. The smallest absolute Gasteiger partial charge is 0.224 e. The van der Waals surface area contributed by atoms with Crippen molar-refractivity contribution in [3.63, 3.8) is 0 Å². The van der Waals surface area contributed by atoms with E-state index >= 15 is 0 Å². The number of benzene rings is 1. The van der Waals surface area contributed by atoms with Gasteiger partial charge in [-0.25, -0.2) is 12.7 Å². The molecule has 9 heteroatoms. The number of carbonyl (C=O) groups excluding carboxylic acids is 1. The summed E-state index contributed by atoms with van der Waals surface area (Å²) in [6.07, 6.45) is 6.89. The Labute approximate surface area is 189 Å². The number of aromatic nitrogens is 2. The highest BCUT2D eigenvalue weighted by molar-refractivity contribution is 7.88. The molecule has 1 saturated heterocycles. The highest BCUT2D eigenvalue weighted by atomic mass is 32.2. The van der Waals surface area contributed by atoms with Gasteiger partial charge in [0.05, 0.1) is 5.75 Å². The lowest BCUT2D eigenvalue weighted by atomic mass is 9.87. The monoisotopic (exact) mass is 460 g/mol. The van der Waals surface area contributed by atoms with Crippen molar-refractivity contribution >= 4 is 15.9 Å². The minimum Gasteiger partial charge on any atom is -0.343 e. The lowest BCUT2D eigenvalue weighted by molar-refractivity contribution is -0.128. The molecule has 0 atom stereocenters. The molecular formula is C23H32N4O4S. The van der Waals surface area contributed by atoms with Crippen molar-refractivity contribution in [3.05, 3.63) is 47.6 Å². The van der Waals surface area contributed by atoms with Crippen molar-refractivity contribution in [2.45, 2.75) is 69.6 Å². The molecule has 2 heterocycles. The number of sulfonamides is 1. The molecule has 1 N–H and O–H groups in total. The van der Waals surface area contributed by atoms with E-state index < -0.39 is 15.6 Å². The Kier molecular flexibility index (Phi) is 6.95. The molecule has 1 amide bonds. The van der Waals surface area contributed by atoms with Crippen molar-refractivity contribution < 1.29 is 17.7 Å². The summed E-state index contributed by atoms with van der Waals surface area (Å²) in [7, 11) is -3.40. The predicted molar refractivity (Wildman–Crippen MR) is 120 cm³/mol. The Morgan fingerprint density at radius 2 is 1.78 bits per heavy atom. The molecule has 1 saturated carbocycles. The van der Waals surface area contributed by atoms with Gasteiger partial charge in [-0.15, -0.1) is 0 Å². The standard InChI is InChI=1S/C23H32N4O4S/c1-18-24-22(26-31-18)23(13-7-2-3-8-14-23)25-21(28)20-11-15-27(16-12-20)32(29,30)17-19-9-5-4-6-10-19/h4-6,9-10,20H,2-3,7-8,11-17H2,1H3,(H,25,28). The van der Waals surface area contributed by atoms with Gasteiger partial charge in [-0.05, 0) is 31.2 Å². The maximum Gasteiger partial charge on any atom is 0.224 e. The molecule has 0 bridgehead atoms. The summed E-state index contributed by atoms with van der Waals surface area (Å²) in [4.78, 5) is 17.7. The van der Waals surface area contributed by atoms with Crippen LogP contribution in [0, 0.1) is 12.8 Å². The average molecular weight is 461 g/mol. The summed E-state index contributed by atoms with van der Waals surface area (Å²) in [6.45, 7) is 2.48. The number of nitrogens with one attached hydrogen (secondary N) is 1. The normalized spacial score (nSPS) is 20.5. The van der Waals surface area contributed by atoms with E-state index in [-0.39, 0.29) is 17.6 Å². The molecule has 8 nitrogen and oxygen atoms in total. The molecule has 1 aromatic heterocycles. The third-order valence-electron chi connectivity index (χ3n) is 6.69. The number of amides is 1. The molecule has 1 aliphatic heterocycles. The van der Waals surface area contributed by atoms with E-state index in [0.717, 1.165) is 44.1 Å². The van der Waals surface area contributed by atoms with E-state index in [1.165, 1.54) is 4.31 Å². The second kappa shape index (κ2) is 9.70. The second-order valence-corrected chi connectivity index (χ2v) is 11.0. The molecule has 2 aromatic rings. The van der Waals surface area contributed by atoms with Crippen LogP contribution in [0.3, 0.4) is 0 Å². The lowest BCUT2D eigenvalue weighted by Crippen LogP contribution is -2.51. The highest BCUT2D eigenvalue weighted by Gasteiger charge is 2.41. The van der Waals surface area contributed by atoms with Crippen LogP contribution in [0.1, 0.15) is 68.6 Å². The molecule has 32 heavy (non-hydrogen) atoms. The zero-order valence-corrected chi connectivity index (χ0v) is 19.4. The van der Waals surface area contributed by atoms with E-state index in [1.54, 1.807) is 6.92 Å². The number of hydrogen-bond donors (Lipinski definition) is 1. The second-order valence-electron chi connectivity index (χ2n) is 9.04. The molecule has 0 spiro atoms. The van der Waals surface area contributed by atoms with Gasteiger partial charge in [0.1, 0.15) is 5.54 Å². The van der Waals surface area contributed by atoms with Gasteiger partial charge in [0.2, 0.25) is 21.8 Å². The van der Waals surface area contributed by atoms with Gasteiger partial charge in [-0.2, -0.15) is 4.98 Å². The topological polar surface area (TPSA) is 105 Å². The Morgan fingerprint density at radius 3 is 2.38 bits per heavy atom. The summed E-state index contributed by atoms with van der Waals surface area (Å²) in [5.41, 5.74) is 0.181. The van der Waals surface area contributed by atoms with Crippen molar-refractivity contribution in [3.8, 4) is 0 Å². The fraction of sp³-hybridized carbons (Fsp3) is 0.609. The molecule has 0 unspecified atom stereocenters. The SMILES string of the molecule is Cc1nc(C2(NC(=O)C3CCN(S(=O)(=O)Cc4ccccc4)CC3)CCCCCC2)no1. The molecule has 2 aliphatic rings. The first-order valence-corrected chi connectivity index (χ1v) is 13.1. The van der Waals surface area contributed by atoms with Crippen LogP contribution in [0.15, 0.2) is 34.9 Å². The highest BCUT2D eigenvalue weighted by Crippen LogP contribution is 2.35. The number of aryl methyl sites for hydroxylation is 1. The molecule has 1 aromatic carbocycles. The molecule has 174 valence electrons. The van der Waals surface area contributed by atoms with Crippen molar-refractivity contribution in [2.24, 2.45) is 5.92 Å². The van der Waals surface area contributed by atoms with Crippen LogP contribution in [0.5, 0.6) is 0 Å². The van der Waals surface area contributed by atoms with E-state index in [4.69, 9.17) is 4.52 Å². The number of rotatable bonds is 6. The largest absolute Gasteiger partial charge is 0.343 e. The van der Waals surface area contributed by atoms with Crippen LogP contribution in [0.4, 0.5) is 0 Å². The fourth-order valence-corrected chi connectivity index (χ4v) is 6.40. The first-order valence-electron chi connectivity index (χ1n) is 11.5. The molecule has 2 fully saturated rings. The third kappa shape index (κ3) is 5.20. The summed E-state index contributed by atoms with van der Waals surface area (Å²) in [5.74, 6) is 0.800. The number of piperidine rings is 1. The van der Waals surface area contributed by atoms with E-state index in [0.29, 0.717) is 37.6 Å². The van der Waals surface area contributed by atoms with Gasteiger partial charge < -0.3 is 9.84 Å². The van der Waals surface area contributed by atoms with Crippen LogP contribution in [-0.4, -0.2) is 41.9 Å². The Bertz CT molecular complexity index is 1010. The van der Waals surface area contributed by atoms with Crippen LogP contribution in [-0.2, 0) is 26.1 Å². The maximum absolute atomic E-state index is 13.2. The van der Waals surface area contributed by atoms with E-state index in [2.05, 4.69) is 15.5 Å². The Balaban J connectivity index is 1.40. The number of carbonyl (C=O) groups is 1. The molecule has 4 rings (SSSR count). The first kappa shape index (κ1) is 22.9. The van der Waals surface area contributed by atoms with E-state index in [1.807, 2.05) is 30.3 Å². The van der Waals surface area contributed by atoms with Gasteiger partial charge in [-0.1, -0.05) is 61.2 Å². The van der Waals surface area contributed by atoms with Gasteiger partial charge in [0.15, 0.2) is 5.82 Å². The van der Waals surface area contributed by atoms with Crippen molar-refractivity contribution in [1.82, 2.24) is 19.8 Å². The number of nitrogens with zero attached hydrogens (tertiary/aromatic N) is 3. The average Bonchev–Trinajstić information content (AvgIpc) is 3.09. The molecule has 1 aliphatic carbocycles. The fourth-order valence-electron chi connectivity index (χ4n) is 4.84. The quantitative estimate of drug-likeness (QED) is 0.663. The van der Waals surface area contributed by atoms with Crippen LogP contribution in [0.2, 0.25) is 0 Å². The van der Waals surface area contributed by atoms with Gasteiger partial charge in [-0.3, -0.25) is 4.79 Å². The van der Waals surface area contributed by atoms with Gasteiger partial charge in [0.25, 0.3) is 0 Å². The van der Waals surface area contributed by atoms with Crippen LogP contribution in [0.25, 0.3) is 0 Å². The maximum atomic E-state index is 13.2. The minimum absolute atomic E-state index is 0.00893. The summed E-state index contributed by atoms with van der Waals surface area (Å²) in [5, 5.41) is 7.42. The van der Waals surface area contributed by atoms with Crippen LogP contribution >= 0.6 is 0 Å². The lowest BCUT2D eigenvalue weighted by Gasteiger charge is -2.35. The Morgan fingerprint density at radius 1 is 1.12 bits per heavy atom. The molecule has 0 radical (unpaired) electrons. The molecular weight excluding hydrogens is 428 g/mol. The predicted octanol–water partition coefficient (Wildman–Crippen LogP) is 3.29. The summed E-state index contributed by atoms with van der Waals surface area (Å²) >= 11 is 0. The summed E-state index contributed by atoms with van der Waals surface area (Å²) in [6, 6.07) is 9.20. The minimum atomic E-state index is -3.40. The van der Waals surface area contributed by atoms with Crippen molar-refractivity contribution in [1.29, 1.82) is 0 Å². The van der Waals surface area contributed by atoms with Crippen molar-refractivity contribution in [2.75, 3.05) is 13.1 Å². The number of hydrogen-bond acceptors (Lipinski definition) is 6. The third-order valence-corrected chi connectivity index (χ3v) is 8.54.